The van der Waals surface area contributed by atoms with Crippen molar-refractivity contribution >= 4 is 17.8 Å². The van der Waals surface area contributed by atoms with E-state index in [4.69, 9.17) is 4.74 Å². The van der Waals surface area contributed by atoms with Gasteiger partial charge in [0.1, 0.15) is 5.75 Å². The third kappa shape index (κ3) is 4.20. The third-order valence-electron chi connectivity index (χ3n) is 6.29. The number of carbonyl (C=O) groups excluding carboxylic acids is 2. The van der Waals surface area contributed by atoms with Gasteiger partial charge < -0.3 is 15.4 Å². The van der Waals surface area contributed by atoms with Gasteiger partial charge in [-0.05, 0) is 43.2 Å². The van der Waals surface area contributed by atoms with Crippen LogP contribution in [0.1, 0.15) is 19.3 Å². The lowest BCUT2D eigenvalue weighted by molar-refractivity contribution is -0.140. The molecule has 30 heavy (non-hydrogen) atoms. The summed E-state index contributed by atoms with van der Waals surface area (Å²) in [6, 6.07) is 9.80. The van der Waals surface area contributed by atoms with Crippen LogP contribution in [0.5, 0.6) is 5.75 Å². The van der Waals surface area contributed by atoms with Gasteiger partial charge >= 0.3 is 0 Å². The summed E-state index contributed by atoms with van der Waals surface area (Å²) in [5.74, 6) is 1.85. The highest BCUT2D eigenvalue weighted by Crippen LogP contribution is 2.52. The van der Waals surface area contributed by atoms with Gasteiger partial charge in [0.05, 0.1) is 18.4 Å². The van der Waals surface area contributed by atoms with E-state index in [1.54, 1.807) is 7.05 Å². The highest BCUT2D eigenvalue weighted by Gasteiger charge is 2.58. The fraction of sp³-hybridized carbons (Fsp3) is 0.522. The van der Waals surface area contributed by atoms with E-state index in [0.29, 0.717) is 25.7 Å². The Balaban J connectivity index is 1.12. The summed E-state index contributed by atoms with van der Waals surface area (Å²) in [6.45, 7) is 2.33. The average Bonchev–Trinajstić information content (AvgIpc) is 3.45. The average molecular weight is 411 g/mol. The molecule has 7 nitrogen and oxygen atoms in total. The highest BCUT2D eigenvalue weighted by atomic mass is 16.5. The lowest BCUT2D eigenvalue weighted by Crippen LogP contribution is -2.43. The van der Waals surface area contributed by atoms with E-state index >= 15 is 0 Å². The number of nitrogens with one attached hydrogen (secondary N) is 2. The zero-order valence-electron chi connectivity index (χ0n) is 17.4. The minimum absolute atomic E-state index is 0.00464. The topological polar surface area (TPSA) is 83.0 Å². The molecule has 0 spiro atoms. The smallest absolute Gasteiger partial charge is 0.233 e. The zero-order valence-corrected chi connectivity index (χ0v) is 17.4. The van der Waals surface area contributed by atoms with E-state index in [9.17, 15) is 9.59 Å². The van der Waals surface area contributed by atoms with Crippen molar-refractivity contribution in [3.63, 3.8) is 0 Å². The summed E-state index contributed by atoms with van der Waals surface area (Å²) in [5, 5.41) is 6.47. The lowest BCUT2D eigenvalue weighted by Gasteiger charge is -2.18. The van der Waals surface area contributed by atoms with Gasteiger partial charge in [0.2, 0.25) is 11.8 Å². The molecule has 2 aliphatic carbocycles. The number of imide groups is 1. The predicted molar refractivity (Wildman–Crippen MR) is 115 cm³/mol. The molecule has 160 valence electrons. The van der Waals surface area contributed by atoms with E-state index in [-0.39, 0.29) is 35.5 Å². The second-order valence-corrected chi connectivity index (χ2v) is 8.12. The van der Waals surface area contributed by atoms with Crippen molar-refractivity contribution in [1.29, 1.82) is 0 Å². The molecule has 1 saturated heterocycles. The summed E-state index contributed by atoms with van der Waals surface area (Å²) in [6.07, 6.45) is 7.10. The number of carbonyl (C=O) groups is 2. The Bertz CT molecular complexity index is 793. The molecule has 4 unspecified atom stereocenters. The first-order valence-corrected chi connectivity index (χ1v) is 10.8. The number of fused-ring (bicyclic) bond motifs is 5. The van der Waals surface area contributed by atoms with E-state index in [0.717, 1.165) is 31.6 Å². The van der Waals surface area contributed by atoms with Gasteiger partial charge in [-0.3, -0.25) is 19.5 Å². The van der Waals surface area contributed by atoms with Crippen LogP contribution in [-0.2, 0) is 9.59 Å². The Kier molecular flexibility index (Phi) is 6.35. The van der Waals surface area contributed by atoms with Crippen LogP contribution in [0.25, 0.3) is 0 Å². The Morgan fingerprint density at radius 3 is 2.37 bits per heavy atom. The molecule has 1 heterocycles. The molecular weight excluding hydrogens is 380 g/mol. The molecule has 7 heteroatoms. The number of guanidine groups is 1. The molecule has 1 aromatic rings. The van der Waals surface area contributed by atoms with Crippen LogP contribution in [0.15, 0.2) is 47.5 Å². The van der Waals surface area contributed by atoms with Crippen molar-refractivity contribution < 1.29 is 14.3 Å². The van der Waals surface area contributed by atoms with Gasteiger partial charge in [-0.25, -0.2) is 0 Å². The van der Waals surface area contributed by atoms with Gasteiger partial charge in [0.25, 0.3) is 0 Å². The molecule has 2 amide bonds. The molecule has 3 aliphatic rings. The van der Waals surface area contributed by atoms with Crippen LogP contribution in [0.3, 0.4) is 0 Å². The van der Waals surface area contributed by atoms with Gasteiger partial charge in [0.15, 0.2) is 5.96 Å². The fourth-order valence-electron chi connectivity index (χ4n) is 4.83. The molecule has 4 rings (SSSR count). The van der Waals surface area contributed by atoms with Gasteiger partial charge in [0, 0.05) is 26.7 Å². The first-order chi connectivity index (χ1) is 14.7. The second kappa shape index (κ2) is 9.32. The first kappa shape index (κ1) is 20.4. The number of amides is 2. The molecular formula is C23H30N4O3. The van der Waals surface area contributed by atoms with Crippen molar-refractivity contribution in [2.45, 2.75) is 19.3 Å². The summed E-state index contributed by atoms with van der Waals surface area (Å²) >= 11 is 0. The van der Waals surface area contributed by atoms with Crippen molar-refractivity contribution in [2.75, 3.05) is 33.3 Å². The Hall–Kier alpha value is -2.83. The zero-order chi connectivity index (χ0) is 20.9. The molecule has 2 bridgehead atoms. The molecule has 2 N–H and O–H groups in total. The van der Waals surface area contributed by atoms with E-state index in [2.05, 4.69) is 27.8 Å². The third-order valence-corrected chi connectivity index (χ3v) is 6.29. The Morgan fingerprint density at radius 1 is 1.03 bits per heavy atom. The number of nitrogens with zero attached hydrogens (tertiary/aromatic N) is 2. The van der Waals surface area contributed by atoms with Gasteiger partial charge in [-0.2, -0.15) is 0 Å². The van der Waals surface area contributed by atoms with Gasteiger partial charge in [-0.1, -0.05) is 30.4 Å². The van der Waals surface area contributed by atoms with Crippen LogP contribution in [0.2, 0.25) is 0 Å². The molecule has 1 saturated carbocycles. The minimum atomic E-state index is -0.122. The number of aliphatic imine (C=N–C) groups is 1. The molecule has 0 radical (unpaired) electrons. The minimum Gasteiger partial charge on any atom is -0.494 e. The number of hydrogen-bond donors (Lipinski definition) is 2. The molecule has 4 atom stereocenters. The van der Waals surface area contributed by atoms with Gasteiger partial charge in [-0.15, -0.1) is 0 Å². The molecule has 1 aromatic carbocycles. The van der Waals surface area contributed by atoms with Crippen LogP contribution in [0.4, 0.5) is 0 Å². The standard InChI is InChI=1S/C23H30N4O3/c1-24-23(25-11-5-6-14-30-18-7-3-2-4-8-18)26-12-13-27-21(28)19-16-9-10-17(15-16)20(19)22(27)29/h2-4,7-10,16-17,19-20H,5-6,11-15H2,1H3,(H2,24,25,26). The van der Waals surface area contributed by atoms with Crippen LogP contribution in [-0.4, -0.2) is 56.0 Å². The summed E-state index contributed by atoms with van der Waals surface area (Å²) < 4.78 is 5.68. The highest BCUT2D eigenvalue weighted by molar-refractivity contribution is 6.06. The number of ether oxygens (including phenoxy) is 1. The number of likely N-dealkylation sites (tertiary alicyclic amines) is 1. The van der Waals surface area contributed by atoms with Crippen LogP contribution < -0.4 is 15.4 Å². The SMILES string of the molecule is CN=C(NCCCCOc1ccccc1)NCCN1C(=O)C2C3C=CC(C3)C2C1=O. The summed E-state index contributed by atoms with van der Waals surface area (Å²) in [4.78, 5) is 31.0. The molecule has 1 aliphatic heterocycles. The monoisotopic (exact) mass is 410 g/mol. The van der Waals surface area contributed by atoms with E-state index < -0.39 is 0 Å². The number of hydrogen-bond acceptors (Lipinski definition) is 4. The predicted octanol–water partition coefficient (Wildman–Crippen LogP) is 1.82. The normalized spacial score (nSPS) is 27.0. The van der Waals surface area contributed by atoms with Crippen molar-refractivity contribution in [3.8, 4) is 5.75 Å². The number of para-hydroxylation sites is 1. The maximum atomic E-state index is 12.7. The first-order valence-electron chi connectivity index (χ1n) is 10.8. The van der Waals surface area contributed by atoms with Crippen molar-refractivity contribution in [2.24, 2.45) is 28.7 Å². The summed E-state index contributed by atoms with van der Waals surface area (Å²) in [7, 11) is 1.72. The number of benzene rings is 1. The second-order valence-electron chi connectivity index (χ2n) is 8.12. The van der Waals surface area contributed by atoms with E-state index in [1.165, 1.54) is 4.90 Å². The molecule has 0 aromatic heterocycles. The lowest BCUT2D eigenvalue weighted by atomic mass is 9.85. The molecule has 2 fully saturated rings. The van der Waals surface area contributed by atoms with E-state index in [1.807, 2.05) is 30.3 Å². The van der Waals surface area contributed by atoms with Crippen molar-refractivity contribution in [1.82, 2.24) is 15.5 Å². The Morgan fingerprint density at radius 2 is 1.70 bits per heavy atom. The van der Waals surface area contributed by atoms with Crippen molar-refractivity contribution in [3.05, 3.63) is 42.5 Å². The van der Waals surface area contributed by atoms with Crippen LogP contribution in [0, 0.1) is 23.7 Å². The Labute approximate surface area is 177 Å². The summed E-state index contributed by atoms with van der Waals surface area (Å²) in [5.41, 5.74) is 0. The van der Waals surface area contributed by atoms with Crippen LogP contribution >= 0.6 is 0 Å². The number of rotatable bonds is 9. The maximum Gasteiger partial charge on any atom is 0.233 e. The quantitative estimate of drug-likeness (QED) is 0.213. The number of unbranched alkanes of at least 4 members (excludes halogenated alkanes) is 1. The maximum absolute atomic E-state index is 12.7. The number of allylic oxidation sites excluding steroid dienone is 2. The largest absolute Gasteiger partial charge is 0.494 e. The fourth-order valence-corrected chi connectivity index (χ4v) is 4.83.